The molecule has 0 aromatic carbocycles. The molecule has 0 radical (unpaired) electrons. The number of rotatable bonds is 3. The molecule has 1 saturated heterocycles. The topological polar surface area (TPSA) is 21.9 Å². The smallest absolute Gasteiger partial charge is 0.0218 e. The van der Waals surface area contributed by atoms with Crippen LogP contribution in [0.3, 0.4) is 0 Å². The highest BCUT2D eigenvalue weighted by Crippen LogP contribution is 2.16. The van der Waals surface area contributed by atoms with Gasteiger partial charge in [0.25, 0.3) is 0 Å². The van der Waals surface area contributed by atoms with Gasteiger partial charge in [-0.3, -0.25) is 0 Å². The molecule has 0 amide bonds. The first-order chi connectivity index (χ1) is 3.84. The van der Waals surface area contributed by atoms with Crippen LogP contribution in [0.2, 0.25) is 0 Å². The SMILES string of the molecule is CCCC(C)C1CN1. The average molecular weight is 113 g/mol. The molecule has 2 atom stereocenters. The Labute approximate surface area is 51.5 Å². The zero-order chi connectivity index (χ0) is 5.98. The van der Waals surface area contributed by atoms with E-state index in [4.69, 9.17) is 0 Å². The van der Waals surface area contributed by atoms with E-state index in [2.05, 4.69) is 19.2 Å². The maximum atomic E-state index is 3.32. The van der Waals surface area contributed by atoms with Gasteiger partial charge in [-0.2, -0.15) is 0 Å². The second-order valence-corrected chi connectivity index (χ2v) is 2.78. The first-order valence-electron chi connectivity index (χ1n) is 3.58. The maximum absolute atomic E-state index is 3.32. The third kappa shape index (κ3) is 1.48. The minimum absolute atomic E-state index is 0.870. The molecule has 0 spiro atoms. The van der Waals surface area contributed by atoms with E-state index < -0.39 is 0 Å². The lowest BCUT2D eigenvalue weighted by atomic mass is 10.0. The summed E-state index contributed by atoms with van der Waals surface area (Å²) in [5, 5.41) is 3.32. The second kappa shape index (κ2) is 2.49. The fourth-order valence-electron chi connectivity index (χ4n) is 1.13. The van der Waals surface area contributed by atoms with Gasteiger partial charge in [-0.1, -0.05) is 20.3 Å². The predicted octanol–water partition coefficient (Wildman–Crippen LogP) is 1.39. The van der Waals surface area contributed by atoms with E-state index in [0.29, 0.717) is 0 Å². The van der Waals surface area contributed by atoms with Gasteiger partial charge >= 0.3 is 0 Å². The quantitative estimate of drug-likeness (QED) is 0.549. The summed E-state index contributed by atoms with van der Waals surface area (Å²) in [5.74, 6) is 0.917. The van der Waals surface area contributed by atoms with E-state index in [9.17, 15) is 0 Å². The number of hydrogen-bond donors (Lipinski definition) is 1. The number of nitrogens with one attached hydrogen (secondary N) is 1. The molecular formula is C7H15N. The minimum atomic E-state index is 0.870. The van der Waals surface area contributed by atoms with Crippen LogP contribution in [0.4, 0.5) is 0 Å². The van der Waals surface area contributed by atoms with Crippen molar-refractivity contribution < 1.29 is 0 Å². The van der Waals surface area contributed by atoms with Crippen molar-refractivity contribution in [2.24, 2.45) is 5.92 Å². The van der Waals surface area contributed by atoms with Gasteiger partial charge in [0.05, 0.1) is 0 Å². The van der Waals surface area contributed by atoms with Crippen LogP contribution >= 0.6 is 0 Å². The van der Waals surface area contributed by atoms with Crippen molar-refractivity contribution in [2.45, 2.75) is 32.7 Å². The van der Waals surface area contributed by atoms with E-state index in [1.165, 1.54) is 19.4 Å². The molecule has 1 aliphatic rings. The van der Waals surface area contributed by atoms with Crippen molar-refractivity contribution in [2.75, 3.05) is 6.54 Å². The molecule has 1 rings (SSSR count). The fourth-order valence-corrected chi connectivity index (χ4v) is 1.13. The lowest BCUT2D eigenvalue weighted by molar-refractivity contribution is 0.514. The van der Waals surface area contributed by atoms with Crippen LogP contribution in [0.5, 0.6) is 0 Å². The second-order valence-electron chi connectivity index (χ2n) is 2.78. The lowest BCUT2D eigenvalue weighted by Crippen LogP contribution is -2.04. The normalized spacial score (nSPS) is 30.0. The van der Waals surface area contributed by atoms with Crippen LogP contribution in [-0.4, -0.2) is 12.6 Å². The Morgan fingerprint density at radius 3 is 2.75 bits per heavy atom. The van der Waals surface area contributed by atoms with Crippen molar-refractivity contribution in [3.8, 4) is 0 Å². The summed E-state index contributed by atoms with van der Waals surface area (Å²) in [6.45, 7) is 5.84. The van der Waals surface area contributed by atoms with E-state index in [1.54, 1.807) is 0 Å². The fraction of sp³-hybridized carbons (Fsp3) is 1.00. The molecule has 1 aliphatic heterocycles. The molecule has 0 aromatic rings. The first-order valence-corrected chi connectivity index (χ1v) is 3.58. The van der Waals surface area contributed by atoms with Gasteiger partial charge in [0.1, 0.15) is 0 Å². The van der Waals surface area contributed by atoms with Crippen LogP contribution in [0.15, 0.2) is 0 Å². The Bertz CT molecular complexity index is 66.8. The van der Waals surface area contributed by atoms with Crippen molar-refractivity contribution in [3.05, 3.63) is 0 Å². The average Bonchev–Trinajstić information content (AvgIpc) is 2.45. The minimum Gasteiger partial charge on any atom is -0.311 e. The summed E-state index contributed by atoms with van der Waals surface area (Å²) in [5.41, 5.74) is 0. The summed E-state index contributed by atoms with van der Waals surface area (Å²) >= 11 is 0. The molecule has 1 fully saturated rings. The van der Waals surface area contributed by atoms with Crippen LogP contribution in [0.25, 0.3) is 0 Å². The molecule has 1 N–H and O–H groups in total. The van der Waals surface area contributed by atoms with E-state index in [0.717, 1.165) is 12.0 Å². The van der Waals surface area contributed by atoms with E-state index in [1.807, 2.05) is 0 Å². The van der Waals surface area contributed by atoms with Crippen molar-refractivity contribution in [1.82, 2.24) is 5.32 Å². The molecule has 1 heteroatoms. The van der Waals surface area contributed by atoms with Crippen LogP contribution in [0.1, 0.15) is 26.7 Å². The van der Waals surface area contributed by atoms with Crippen molar-refractivity contribution in [3.63, 3.8) is 0 Å². The molecule has 1 nitrogen and oxygen atoms in total. The summed E-state index contributed by atoms with van der Waals surface area (Å²) in [7, 11) is 0. The Kier molecular flexibility index (Phi) is 1.90. The molecule has 0 aliphatic carbocycles. The van der Waals surface area contributed by atoms with Crippen LogP contribution in [-0.2, 0) is 0 Å². The summed E-state index contributed by atoms with van der Waals surface area (Å²) in [4.78, 5) is 0. The number of hydrogen-bond acceptors (Lipinski definition) is 1. The zero-order valence-electron chi connectivity index (χ0n) is 5.78. The highest BCUT2D eigenvalue weighted by Gasteiger charge is 2.25. The maximum Gasteiger partial charge on any atom is 0.0218 e. The molecule has 48 valence electrons. The largest absolute Gasteiger partial charge is 0.311 e. The third-order valence-corrected chi connectivity index (χ3v) is 1.87. The Balaban J connectivity index is 2.03. The van der Waals surface area contributed by atoms with Gasteiger partial charge in [0.15, 0.2) is 0 Å². The summed E-state index contributed by atoms with van der Waals surface area (Å²) < 4.78 is 0. The third-order valence-electron chi connectivity index (χ3n) is 1.87. The Morgan fingerprint density at radius 2 is 2.38 bits per heavy atom. The highest BCUT2D eigenvalue weighted by molar-refractivity contribution is 4.87. The van der Waals surface area contributed by atoms with Gasteiger partial charge in [0.2, 0.25) is 0 Å². The van der Waals surface area contributed by atoms with Crippen molar-refractivity contribution in [1.29, 1.82) is 0 Å². The van der Waals surface area contributed by atoms with E-state index >= 15 is 0 Å². The standard InChI is InChI=1S/C7H15N/c1-3-4-6(2)7-5-8-7/h6-8H,3-5H2,1-2H3. The summed E-state index contributed by atoms with van der Waals surface area (Å²) in [6, 6.07) is 0.870. The molecule has 0 bridgehead atoms. The van der Waals surface area contributed by atoms with Crippen LogP contribution in [0, 0.1) is 5.92 Å². The summed E-state index contributed by atoms with van der Waals surface area (Å²) in [6.07, 6.45) is 2.72. The molecule has 0 aromatic heterocycles. The molecule has 0 saturated carbocycles. The monoisotopic (exact) mass is 113 g/mol. The molecular weight excluding hydrogens is 98.1 g/mol. The van der Waals surface area contributed by atoms with Gasteiger partial charge in [0, 0.05) is 12.6 Å². The van der Waals surface area contributed by atoms with Gasteiger partial charge in [-0.05, 0) is 12.3 Å². The molecule has 1 heterocycles. The lowest BCUT2D eigenvalue weighted by Gasteiger charge is -2.03. The Morgan fingerprint density at radius 1 is 1.75 bits per heavy atom. The first kappa shape index (κ1) is 6.09. The molecule has 2 unspecified atom stereocenters. The highest BCUT2D eigenvalue weighted by atomic mass is 15.1. The van der Waals surface area contributed by atoms with E-state index in [-0.39, 0.29) is 0 Å². The zero-order valence-corrected chi connectivity index (χ0v) is 5.78. The molecule has 8 heavy (non-hydrogen) atoms. The predicted molar refractivity (Wildman–Crippen MR) is 35.9 cm³/mol. The van der Waals surface area contributed by atoms with Crippen LogP contribution < -0.4 is 5.32 Å². The Hall–Kier alpha value is -0.0400. The van der Waals surface area contributed by atoms with Gasteiger partial charge in [-0.15, -0.1) is 0 Å². The van der Waals surface area contributed by atoms with Gasteiger partial charge < -0.3 is 5.32 Å². The van der Waals surface area contributed by atoms with Gasteiger partial charge in [-0.25, -0.2) is 0 Å². The van der Waals surface area contributed by atoms with Crippen molar-refractivity contribution >= 4 is 0 Å².